The van der Waals surface area contributed by atoms with E-state index in [-0.39, 0.29) is 5.78 Å². The van der Waals surface area contributed by atoms with Crippen molar-refractivity contribution in [3.63, 3.8) is 0 Å². The quantitative estimate of drug-likeness (QED) is 0.165. The summed E-state index contributed by atoms with van der Waals surface area (Å²) < 4.78 is 27.3. The number of nitrogen functional groups attached to an aromatic ring is 1. The molecule has 0 aliphatic rings. The van der Waals surface area contributed by atoms with Gasteiger partial charge in [-0.05, 0) is 77.7 Å². The van der Waals surface area contributed by atoms with Crippen LogP contribution >= 0.6 is 0 Å². The Morgan fingerprint density at radius 3 is 1.89 bits per heavy atom. The number of methoxy groups -OCH3 is 5. The highest BCUT2D eigenvalue weighted by Crippen LogP contribution is 2.39. The highest BCUT2D eigenvalue weighted by atomic mass is 16.5. The first-order valence-electron chi connectivity index (χ1n) is 11.2. The number of benzene rings is 3. The molecule has 36 heavy (non-hydrogen) atoms. The smallest absolute Gasteiger partial charge is 0.203 e. The average Bonchev–Trinajstić information content (AvgIpc) is 2.91. The maximum absolute atomic E-state index is 12.5. The van der Waals surface area contributed by atoms with Gasteiger partial charge in [0.1, 0.15) is 0 Å². The molecule has 0 unspecified atom stereocenters. The summed E-state index contributed by atoms with van der Waals surface area (Å²) >= 11 is 0. The molecule has 0 aromatic heterocycles. The fraction of sp³-hybridized carbons (Fsp3) is 0.207. The number of carbonyl (C=O) groups excluding carboxylic acids is 1. The van der Waals surface area contributed by atoms with Gasteiger partial charge in [-0.15, -0.1) is 0 Å². The molecule has 0 heterocycles. The van der Waals surface area contributed by atoms with Crippen molar-refractivity contribution in [3.05, 3.63) is 82.9 Å². The molecule has 0 saturated heterocycles. The zero-order valence-corrected chi connectivity index (χ0v) is 21.2. The number of rotatable bonds is 11. The van der Waals surface area contributed by atoms with Crippen LogP contribution in [0.4, 0.5) is 5.69 Å². The lowest BCUT2D eigenvalue weighted by atomic mass is 10.0. The molecule has 7 heteroatoms. The molecule has 0 amide bonds. The maximum atomic E-state index is 12.5. The molecule has 188 valence electrons. The van der Waals surface area contributed by atoms with Gasteiger partial charge in [-0.1, -0.05) is 18.2 Å². The van der Waals surface area contributed by atoms with Gasteiger partial charge in [-0.2, -0.15) is 0 Å². The average molecular weight is 490 g/mol. The van der Waals surface area contributed by atoms with Gasteiger partial charge >= 0.3 is 0 Å². The van der Waals surface area contributed by atoms with E-state index in [9.17, 15) is 4.79 Å². The molecular weight excluding hydrogens is 458 g/mol. The molecule has 0 aliphatic carbocycles. The first-order chi connectivity index (χ1) is 17.4. The monoisotopic (exact) mass is 489 g/mol. The third kappa shape index (κ3) is 6.18. The van der Waals surface area contributed by atoms with Crippen molar-refractivity contribution < 1.29 is 28.5 Å². The zero-order chi connectivity index (χ0) is 26.1. The lowest BCUT2D eigenvalue weighted by molar-refractivity contribution is 0.104. The first kappa shape index (κ1) is 26.2. The van der Waals surface area contributed by atoms with E-state index in [2.05, 4.69) is 0 Å². The van der Waals surface area contributed by atoms with Gasteiger partial charge in [0.25, 0.3) is 0 Å². The van der Waals surface area contributed by atoms with Crippen molar-refractivity contribution in [3.8, 4) is 28.7 Å². The Hall–Kier alpha value is -4.39. The van der Waals surface area contributed by atoms with Crippen LogP contribution in [-0.2, 0) is 6.42 Å². The summed E-state index contributed by atoms with van der Waals surface area (Å²) in [7, 11) is 7.91. The van der Waals surface area contributed by atoms with Crippen LogP contribution in [0.15, 0.2) is 60.7 Å². The topological polar surface area (TPSA) is 89.2 Å². The van der Waals surface area contributed by atoms with E-state index in [1.165, 1.54) is 0 Å². The summed E-state index contributed by atoms with van der Waals surface area (Å²) in [4.78, 5) is 12.5. The van der Waals surface area contributed by atoms with Crippen LogP contribution in [0.25, 0.3) is 12.2 Å². The number of anilines is 1. The van der Waals surface area contributed by atoms with E-state index in [4.69, 9.17) is 29.4 Å². The predicted molar refractivity (Wildman–Crippen MR) is 143 cm³/mol. The molecule has 0 spiro atoms. The summed E-state index contributed by atoms with van der Waals surface area (Å²) in [5.41, 5.74) is 9.63. The van der Waals surface area contributed by atoms with Crippen LogP contribution in [0.2, 0.25) is 0 Å². The molecule has 2 N–H and O–H groups in total. The number of hydrogen-bond acceptors (Lipinski definition) is 7. The molecule has 0 bridgehead atoms. The summed E-state index contributed by atoms with van der Waals surface area (Å²) in [5, 5.41) is 0. The van der Waals surface area contributed by atoms with E-state index < -0.39 is 0 Å². The highest BCUT2D eigenvalue weighted by Gasteiger charge is 2.13. The molecule has 0 radical (unpaired) electrons. The molecular formula is C29H31NO6. The number of ketones is 1. The molecule has 0 fully saturated rings. The van der Waals surface area contributed by atoms with Gasteiger partial charge in [0.2, 0.25) is 5.75 Å². The van der Waals surface area contributed by atoms with Crippen LogP contribution in [0.5, 0.6) is 28.7 Å². The lowest BCUT2D eigenvalue weighted by Gasteiger charge is -2.14. The number of ether oxygens (including phenoxy) is 5. The third-order valence-electron chi connectivity index (χ3n) is 5.59. The Morgan fingerprint density at radius 1 is 0.750 bits per heavy atom. The number of nitrogens with two attached hydrogens (primary N) is 1. The van der Waals surface area contributed by atoms with Crippen LogP contribution in [0, 0.1) is 0 Å². The fourth-order valence-corrected chi connectivity index (χ4v) is 3.69. The summed E-state index contributed by atoms with van der Waals surface area (Å²) in [6, 6.07) is 14.4. The van der Waals surface area contributed by atoms with Gasteiger partial charge in [0.15, 0.2) is 28.8 Å². The highest BCUT2D eigenvalue weighted by molar-refractivity contribution is 6.04. The SMILES string of the molecule is COc1cc(/C=C\c2cc(OC)c(OC)c(OC)c2)c(C/C=C\C(=O)c2ccc(N)cc2)cc1OC. The Balaban J connectivity index is 1.93. The zero-order valence-electron chi connectivity index (χ0n) is 21.2. The van der Waals surface area contributed by atoms with Gasteiger partial charge < -0.3 is 29.4 Å². The standard InChI is InChI=1S/C29H31NO6/c1-32-25-17-21(7-6-8-24(31)20-11-13-23(30)14-12-20)22(18-26(25)33-2)10-9-19-15-27(34-3)29(36-5)28(16-19)35-4/h6,8-18H,7,30H2,1-5H3/b8-6-,10-9-. The second-order valence-corrected chi connectivity index (χ2v) is 7.79. The van der Waals surface area contributed by atoms with E-state index in [1.54, 1.807) is 65.9 Å². The summed E-state index contributed by atoms with van der Waals surface area (Å²) in [6.45, 7) is 0. The van der Waals surface area contributed by atoms with Crippen LogP contribution in [0.1, 0.15) is 27.0 Å². The van der Waals surface area contributed by atoms with E-state index in [1.807, 2.05) is 42.5 Å². The Morgan fingerprint density at radius 2 is 1.33 bits per heavy atom. The van der Waals surface area contributed by atoms with Crippen molar-refractivity contribution in [1.29, 1.82) is 0 Å². The Kier molecular flexibility index (Phi) is 9.00. The van der Waals surface area contributed by atoms with Gasteiger partial charge in [-0.3, -0.25) is 4.79 Å². The summed E-state index contributed by atoms with van der Waals surface area (Å²) in [5.74, 6) is 2.77. The minimum Gasteiger partial charge on any atom is -0.493 e. The van der Waals surface area contributed by atoms with Gasteiger partial charge in [0.05, 0.1) is 35.5 Å². The molecule has 0 atom stereocenters. The van der Waals surface area contributed by atoms with E-state index >= 15 is 0 Å². The fourth-order valence-electron chi connectivity index (χ4n) is 3.69. The normalized spacial score (nSPS) is 11.0. The van der Waals surface area contributed by atoms with Crippen molar-refractivity contribution in [2.45, 2.75) is 6.42 Å². The molecule has 3 aromatic rings. The first-order valence-corrected chi connectivity index (χ1v) is 11.2. The van der Waals surface area contributed by atoms with Gasteiger partial charge in [-0.25, -0.2) is 0 Å². The van der Waals surface area contributed by atoms with Crippen molar-refractivity contribution in [2.24, 2.45) is 0 Å². The van der Waals surface area contributed by atoms with Crippen LogP contribution in [-0.4, -0.2) is 41.3 Å². The minimum absolute atomic E-state index is 0.0926. The van der Waals surface area contributed by atoms with E-state index in [0.29, 0.717) is 46.4 Å². The molecule has 0 saturated carbocycles. The number of hydrogen-bond donors (Lipinski definition) is 1. The summed E-state index contributed by atoms with van der Waals surface area (Å²) in [6.07, 6.45) is 7.81. The Labute approximate surface area is 211 Å². The number of carbonyl (C=O) groups is 1. The third-order valence-corrected chi connectivity index (χ3v) is 5.59. The predicted octanol–water partition coefficient (Wildman–Crippen LogP) is 5.46. The maximum Gasteiger partial charge on any atom is 0.203 e. The number of allylic oxidation sites excluding steroid dienone is 2. The lowest BCUT2D eigenvalue weighted by Crippen LogP contribution is -1.97. The van der Waals surface area contributed by atoms with E-state index in [0.717, 1.165) is 16.7 Å². The largest absolute Gasteiger partial charge is 0.493 e. The van der Waals surface area contributed by atoms with Crippen LogP contribution in [0.3, 0.4) is 0 Å². The second kappa shape index (κ2) is 12.4. The molecule has 3 aromatic carbocycles. The van der Waals surface area contributed by atoms with Crippen LogP contribution < -0.4 is 29.4 Å². The van der Waals surface area contributed by atoms with Crippen molar-refractivity contribution >= 4 is 23.6 Å². The Bertz CT molecular complexity index is 1240. The molecule has 7 nitrogen and oxygen atoms in total. The van der Waals surface area contributed by atoms with Gasteiger partial charge in [0, 0.05) is 11.3 Å². The van der Waals surface area contributed by atoms with Crippen molar-refractivity contribution in [2.75, 3.05) is 41.3 Å². The minimum atomic E-state index is -0.0926. The second-order valence-electron chi connectivity index (χ2n) is 7.79. The molecule has 3 rings (SSSR count). The van der Waals surface area contributed by atoms with Crippen molar-refractivity contribution in [1.82, 2.24) is 0 Å². The molecule has 0 aliphatic heterocycles.